The number of carbonyl (C=O) groups is 1. The van der Waals surface area contributed by atoms with Crippen LogP contribution in [0.3, 0.4) is 0 Å². The van der Waals surface area contributed by atoms with Crippen LogP contribution in [0.4, 0.5) is 0 Å². The first-order valence-corrected chi connectivity index (χ1v) is 3.81. The third kappa shape index (κ3) is 2.09. The third-order valence-corrected chi connectivity index (χ3v) is 1.74. The summed E-state index contributed by atoms with van der Waals surface area (Å²) in [4.78, 5) is 10.7. The molecule has 0 aliphatic carbocycles. The zero-order valence-electron chi connectivity index (χ0n) is 7.55. The SMILES string of the molecule is C#CC(=O)NCc1c(C)noc1C. The van der Waals surface area contributed by atoms with E-state index in [0.717, 1.165) is 11.3 Å². The van der Waals surface area contributed by atoms with Crippen LogP contribution in [0.1, 0.15) is 17.0 Å². The highest BCUT2D eigenvalue weighted by atomic mass is 16.5. The molecule has 4 nitrogen and oxygen atoms in total. The van der Waals surface area contributed by atoms with Gasteiger partial charge in [-0.15, -0.1) is 6.42 Å². The minimum absolute atomic E-state index is 0.365. The summed E-state index contributed by atoms with van der Waals surface area (Å²) in [6.45, 7) is 3.97. The summed E-state index contributed by atoms with van der Waals surface area (Å²) in [6.07, 6.45) is 4.89. The van der Waals surface area contributed by atoms with Crippen molar-refractivity contribution in [2.24, 2.45) is 0 Å². The second-order valence-electron chi connectivity index (χ2n) is 2.63. The smallest absolute Gasteiger partial charge is 0.295 e. The lowest BCUT2D eigenvalue weighted by Crippen LogP contribution is -2.21. The van der Waals surface area contributed by atoms with Gasteiger partial charge in [0.15, 0.2) is 0 Å². The number of aromatic nitrogens is 1. The summed E-state index contributed by atoms with van der Waals surface area (Å²) in [7, 11) is 0. The van der Waals surface area contributed by atoms with Crippen LogP contribution in [0.25, 0.3) is 0 Å². The Kier molecular flexibility index (Phi) is 2.70. The zero-order chi connectivity index (χ0) is 9.84. The predicted molar refractivity (Wildman–Crippen MR) is 46.7 cm³/mol. The van der Waals surface area contributed by atoms with Crippen LogP contribution in [0, 0.1) is 26.2 Å². The van der Waals surface area contributed by atoms with E-state index in [1.807, 2.05) is 12.8 Å². The van der Waals surface area contributed by atoms with E-state index in [0.29, 0.717) is 12.3 Å². The summed E-state index contributed by atoms with van der Waals surface area (Å²) >= 11 is 0. The summed E-state index contributed by atoms with van der Waals surface area (Å²) in [6, 6.07) is 0. The maximum atomic E-state index is 10.7. The van der Waals surface area contributed by atoms with Gasteiger partial charge in [0.05, 0.1) is 5.69 Å². The van der Waals surface area contributed by atoms with Gasteiger partial charge < -0.3 is 9.84 Å². The molecule has 0 bridgehead atoms. The van der Waals surface area contributed by atoms with Crippen LogP contribution in [0.15, 0.2) is 4.52 Å². The average molecular weight is 178 g/mol. The van der Waals surface area contributed by atoms with Crippen LogP contribution >= 0.6 is 0 Å². The molecule has 1 amide bonds. The molecule has 1 N–H and O–H groups in total. The summed E-state index contributed by atoms with van der Waals surface area (Å²) in [5, 5.41) is 6.28. The Hall–Kier alpha value is -1.76. The molecule has 0 aliphatic heterocycles. The van der Waals surface area contributed by atoms with Gasteiger partial charge in [-0.25, -0.2) is 0 Å². The number of hydrogen-bond acceptors (Lipinski definition) is 3. The summed E-state index contributed by atoms with van der Waals surface area (Å²) < 4.78 is 4.91. The molecule has 1 heterocycles. The summed E-state index contributed by atoms with van der Waals surface area (Å²) in [5.74, 6) is 2.24. The fourth-order valence-electron chi connectivity index (χ4n) is 0.974. The van der Waals surface area contributed by atoms with Crippen LogP contribution in [-0.4, -0.2) is 11.1 Å². The van der Waals surface area contributed by atoms with Crippen LogP contribution in [-0.2, 0) is 11.3 Å². The summed E-state index contributed by atoms with van der Waals surface area (Å²) in [5.41, 5.74) is 1.65. The fourth-order valence-corrected chi connectivity index (χ4v) is 0.974. The maximum Gasteiger partial charge on any atom is 0.295 e. The third-order valence-electron chi connectivity index (χ3n) is 1.74. The van der Waals surface area contributed by atoms with E-state index in [1.54, 1.807) is 6.92 Å². The Balaban J connectivity index is 2.65. The molecule has 1 rings (SSSR count). The number of rotatable bonds is 2. The van der Waals surface area contributed by atoms with Crippen molar-refractivity contribution in [3.05, 3.63) is 17.0 Å². The van der Waals surface area contributed by atoms with Crippen molar-refractivity contribution < 1.29 is 9.32 Å². The molecule has 0 radical (unpaired) electrons. The molecule has 0 saturated carbocycles. The molecule has 0 unspecified atom stereocenters. The predicted octanol–water partition coefficient (Wildman–Crippen LogP) is 0.541. The van der Waals surface area contributed by atoms with Crippen molar-refractivity contribution in [1.29, 1.82) is 0 Å². The minimum Gasteiger partial charge on any atom is -0.361 e. The normalized spacial score (nSPS) is 9.31. The molecule has 68 valence electrons. The van der Waals surface area contributed by atoms with Gasteiger partial charge in [0, 0.05) is 12.1 Å². The first-order valence-electron chi connectivity index (χ1n) is 3.81. The van der Waals surface area contributed by atoms with E-state index in [2.05, 4.69) is 10.5 Å². The highest BCUT2D eigenvalue weighted by molar-refractivity contribution is 5.92. The highest BCUT2D eigenvalue weighted by Gasteiger charge is 2.08. The first-order chi connectivity index (χ1) is 6.15. The van der Waals surface area contributed by atoms with Crippen molar-refractivity contribution in [2.75, 3.05) is 0 Å². The maximum absolute atomic E-state index is 10.7. The Morgan fingerprint density at radius 1 is 1.69 bits per heavy atom. The Morgan fingerprint density at radius 2 is 2.38 bits per heavy atom. The van der Waals surface area contributed by atoms with E-state index in [1.165, 1.54) is 0 Å². The molecule has 0 saturated heterocycles. The molecule has 0 atom stereocenters. The van der Waals surface area contributed by atoms with Gasteiger partial charge in [0.25, 0.3) is 5.91 Å². The highest BCUT2D eigenvalue weighted by Crippen LogP contribution is 2.10. The quantitative estimate of drug-likeness (QED) is 0.672. The van der Waals surface area contributed by atoms with Crippen molar-refractivity contribution in [3.63, 3.8) is 0 Å². The lowest BCUT2D eigenvalue weighted by atomic mass is 10.2. The van der Waals surface area contributed by atoms with Crippen LogP contribution < -0.4 is 5.32 Å². The second kappa shape index (κ2) is 3.76. The number of aryl methyl sites for hydroxylation is 2. The molecule has 1 aromatic rings. The van der Waals surface area contributed by atoms with Crippen molar-refractivity contribution in [3.8, 4) is 12.3 Å². The first kappa shape index (κ1) is 9.33. The Labute approximate surface area is 76.3 Å². The molecule has 0 aliphatic rings. The number of hydrogen-bond donors (Lipinski definition) is 1. The van der Waals surface area contributed by atoms with Crippen molar-refractivity contribution >= 4 is 5.91 Å². The fraction of sp³-hybridized carbons (Fsp3) is 0.333. The molecule has 0 aromatic carbocycles. The minimum atomic E-state index is -0.431. The number of terminal acetylenes is 1. The number of nitrogens with zero attached hydrogens (tertiary/aromatic N) is 1. The Bertz CT molecular complexity index is 341. The van der Waals surface area contributed by atoms with E-state index in [4.69, 9.17) is 10.9 Å². The van der Waals surface area contributed by atoms with Gasteiger partial charge in [-0.1, -0.05) is 5.16 Å². The number of carbonyl (C=O) groups excluding carboxylic acids is 1. The number of amides is 1. The number of nitrogens with one attached hydrogen (secondary N) is 1. The average Bonchev–Trinajstić information content (AvgIpc) is 2.43. The van der Waals surface area contributed by atoms with E-state index in [-0.39, 0.29) is 0 Å². The van der Waals surface area contributed by atoms with Crippen LogP contribution in [0.5, 0.6) is 0 Å². The van der Waals surface area contributed by atoms with Gasteiger partial charge in [0.1, 0.15) is 5.76 Å². The topological polar surface area (TPSA) is 55.1 Å². The van der Waals surface area contributed by atoms with Crippen molar-refractivity contribution in [1.82, 2.24) is 10.5 Å². The molecular formula is C9H10N2O2. The van der Waals surface area contributed by atoms with E-state index in [9.17, 15) is 4.79 Å². The molecule has 4 heteroatoms. The van der Waals surface area contributed by atoms with Gasteiger partial charge in [-0.3, -0.25) is 4.79 Å². The van der Waals surface area contributed by atoms with Gasteiger partial charge in [-0.2, -0.15) is 0 Å². The molecule has 1 aromatic heterocycles. The molecule has 0 spiro atoms. The largest absolute Gasteiger partial charge is 0.361 e. The van der Waals surface area contributed by atoms with Crippen molar-refractivity contribution in [2.45, 2.75) is 20.4 Å². The van der Waals surface area contributed by atoms with E-state index < -0.39 is 5.91 Å². The standard InChI is InChI=1S/C9H10N2O2/c1-4-9(12)10-5-8-6(2)11-13-7(8)3/h1H,5H2,2-3H3,(H,10,12). The van der Waals surface area contributed by atoms with Gasteiger partial charge >= 0.3 is 0 Å². The zero-order valence-corrected chi connectivity index (χ0v) is 7.55. The van der Waals surface area contributed by atoms with E-state index >= 15 is 0 Å². The van der Waals surface area contributed by atoms with Gasteiger partial charge in [-0.05, 0) is 19.8 Å². The molecular weight excluding hydrogens is 168 g/mol. The monoisotopic (exact) mass is 178 g/mol. The molecule has 13 heavy (non-hydrogen) atoms. The van der Waals surface area contributed by atoms with Gasteiger partial charge in [0.2, 0.25) is 0 Å². The molecule has 0 fully saturated rings. The second-order valence-corrected chi connectivity index (χ2v) is 2.63. The van der Waals surface area contributed by atoms with Crippen LogP contribution in [0.2, 0.25) is 0 Å². The Morgan fingerprint density at radius 3 is 2.85 bits per heavy atom. The lowest BCUT2D eigenvalue weighted by Gasteiger charge is -1.98. The lowest BCUT2D eigenvalue weighted by molar-refractivity contribution is -0.115.